The number of aromatic nitrogens is 8. The number of benzene rings is 1. The van der Waals surface area contributed by atoms with Crippen molar-refractivity contribution in [2.45, 2.75) is 13.8 Å². The van der Waals surface area contributed by atoms with Crippen LogP contribution in [-0.2, 0) is 0 Å². The van der Waals surface area contributed by atoms with E-state index in [4.69, 9.17) is 19.9 Å². The zero-order valence-electron chi connectivity index (χ0n) is 23.1. The Bertz CT molecular complexity index is 2080. The monoisotopic (exact) mass is 642 g/mol. The van der Waals surface area contributed by atoms with E-state index < -0.39 is 0 Å². The summed E-state index contributed by atoms with van der Waals surface area (Å²) in [6, 6.07) is 15.7. The Morgan fingerprint density at radius 1 is 0.386 bits per heavy atom. The third-order valence-electron chi connectivity index (χ3n) is 7.52. The third-order valence-corrected chi connectivity index (χ3v) is 11.5. The topological polar surface area (TPSA) is 103 Å². The van der Waals surface area contributed by atoms with Gasteiger partial charge in [-0.2, -0.15) is 0 Å². The summed E-state index contributed by atoms with van der Waals surface area (Å²) in [6.07, 6.45) is 7.25. The van der Waals surface area contributed by atoms with Crippen LogP contribution in [0.1, 0.15) is 11.1 Å². The summed E-state index contributed by atoms with van der Waals surface area (Å²) in [4.78, 5) is 42.4. The first-order valence-corrected chi connectivity index (χ1v) is 16.9. The molecule has 0 saturated carbocycles. The van der Waals surface area contributed by atoms with Gasteiger partial charge >= 0.3 is 0 Å². The predicted molar refractivity (Wildman–Crippen MR) is 182 cm³/mol. The quantitative estimate of drug-likeness (QED) is 0.187. The molecule has 0 unspecified atom stereocenters. The molecule has 0 saturated heterocycles. The van der Waals surface area contributed by atoms with Gasteiger partial charge < -0.3 is 0 Å². The summed E-state index contributed by atoms with van der Waals surface area (Å²) >= 11 is 6.36. The number of fused-ring (bicyclic) bond motifs is 4. The first kappa shape index (κ1) is 25.8. The molecular formula is C32H18N8S4. The van der Waals surface area contributed by atoms with Crippen molar-refractivity contribution in [2.24, 2.45) is 0 Å². The van der Waals surface area contributed by atoms with Gasteiger partial charge in [0.1, 0.15) is 61.4 Å². The molecule has 8 heterocycles. The Hall–Kier alpha value is -4.62. The first-order chi connectivity index (χ1) is 21.6. The van der Waals surface area contributed by atoms with Gasteiger partial charge in [0, 0.05) is 47.0 Å². The lowest BCUT2D eigenvalue weighted by Crippen LogP contribution is -2.00. The van der Waals surface area contributed by atoms with Gasteiger partial charge in [0.05, 0.1) is 0 Å². The molecule has 9 aromatic rings. The van der Waals surface area contributed by atoms with Gasteiger partial charge in [-0.15, -0.1) is 0 Å². The van der Waals surface area contributed by atoms with Crippen LogP contribution in [0, 0.1) is 13.8 Å². The largest absolute Gasteiger partial charge is 0.244 e. The maximum atomic E-state index is 5.10. The fraction of sp³-hybridized carbons (Fsp3) is 0.0625. The summed E-state index contributed by atoms with van der Waals surface area (Å²) in [7, 11) is 0. The highest BCUT2D eigenvalue weighted by Gasteiger charge is 2.30. The Morgan fingerprint density at radius 2 is 0.636 bits per heavy atom. The van der Waals surface area contributed by atoms with Crippen LogP contribution in [0.15, 0.2) is 73.3 Å². The van der Waals surface area contributed by atoms with Crippen LogP contribution in [0.3, 0.4) is 0 Å². The average molecular weight is 643 g/mol. The molecule has 0 aliphatic rings. The molecule has 0 spiro atoms. The molecule has 0 fully saturated rings. The number of hydrogen-bond acceptors (Lipinski definition) is 12. The highest BCUT2D eigenvalue weighted by molar-refractivity contribution is 7.23. The summed E-state index contributed by atoms with van der Waals surface area (Å²) in [6.45, 7) is 4.32. The summed E-state index contributed by atoms with van der Waals surface area (Å²) < 4.78 is 0. The van der Waals surface area contributed by atoms with Crippen molar-refractivity contribution in [2.75, 3.05) is 0 Å². The van der Waals surface area contributed by atoms with Crippen LogP contribution in [-0.4, -0.2) is 39.9 Å². The Labute approximate surface area is 265 Å². The van der Waals surface area contributed by atoms with Crippen molar-refractivity contribution < 1.29 is 0 Å². The standard InChI is InChI=1S/C32H18N8S4/c1-15-21(29-37-17-7-3-11-33-25(17)41-29)23(31-39-19-9-5-13-35-27(19)43-31)16(2)24(32-40-20-10-6-14-36-28(20)44-32)22(15)30-38-18-8-4-12-34-26(18)42-30/h3-14H,1-2H3. The maximum absolute atomic E-state index is 5.10. The second kappa shape index (κ2) is 9.96. The molecule has 0 atom stereocenters. The van der Waals surface area contributed by atoms with Crippen LogP contribution in [0.5, 0.6) is 0 Å². The van der Waals surface area contributed by atoms with E-state index in [1.807, 2.05) is 73.3 Å². The zero-order valence-corrected chi connectivity index (χ0v) is 26.4. The number of pyridine rings is 4. The van der Waals surface area contributed by atoms with Crippen LogP contribution in [0.4, 0.5) is 0 Å². The van der Waals surface area contributed by atoms with Gasteiger partial charge in [0.15, 0.2) is 0 Å². The minimum atomic E-state index is 0.869. The average Bonchev–Trinajstić information content (AvgIpc) is 3.84. The van der Waals surface area contributed by atoms with E-state index in [1.165, 1.54) is 0 Å². The third kappa shape index (κ3) is 3.99. The molecule has 1 aromatic carbocycles. The van der Waals surface area contributed by atoms with Gasteiger partial charge in [0.2, 0.25) is 0 Å². The van der Waals surface area contributed by atoms with Crippen LogP contribution in [0.2, 0.25) is 0 Å². The highest BCUT2D eigenvalue weighted by Crippen LogP contribution is 2.52. The second-order valence-electron chi connectivity index (χ2n) is 10.1. The van der Waals surface area contributed by atoms with Crippen molar-refractivity contribution in [3.05, 3.63) is 84.4 Å². The van der Waals surface area contributed by atoms with E-state index in [2.05, 4.69) is 33.8 Å². The fourth-order valence-electron chi connectivity index (χ4n) is 5.58. The van der Waals surface area contributed by atoms with Gasteiger partial charge in [-0.25, -0.2) is 39.9 Å². The molecule has 0 aliphatic carbocycles. The van der Waals surface area contributed by atoms with Crippen molar-refractivity contribution in [3.63, 3.8) is 0 Å². The normalized spacial score (nSPS) is 11.9. The molecule has 0 amide bonds. The summed E-state index contributed by atoms with van der Waals surface area (Å²) in [5.74, 6) is 0. The van der Waals surface area contributed by atoms with Crippen molar-refractivity contribution in [1.82, 2.24) is 39.9 Å². The molecule has 0 N–H and O–H groups in total. The summed E-state index contributed by atoms with van der Waals surface area (Å²) in [5.41, 5.74) is 9.68. The van der Waals surface area contributed by atoms with E-state index in [0.717, 1.165) is 94.8 Å². The predicted octanol–water partition coefficient (Wildman–Crippen LogP) is 8.99. The van der Waals surface area contributed by atoms with E-state index in [-0.39, 0.29) is 0 Å². The van der Waals surface area contributed by atoms with Gasteiger partial charge in [-0.1, -0.05) is 45.3 Å². The van der Waals surface area contributed by atoms with E-state index >= 15 is 0 Å². The minimum Gasteiger partial charge on any atom is -0.244 e. The number of thiazole rings is 4. The van der Waals surface area contributed by atoms with Crippen LogP contribution < -0.4 is 0 Å². The number of rotatable bonds is 4. The molecule has 8 nitrogen and oxygen atoms in total. The van der Waals surface area contributed by atoms with Crippen LogP contribution in [0.25, 0.3) is 83.7 Å². The lowest BCUT2D eigenvalue weighted by atomic mass is 9.88. The van der Waals surface area contributed by atoms with Crippen molar-refractivity contribution in [1.29, 1.82) is 0 Å². The smallest absolute Gasteiger partial charge is 0.143 e. The lowest BCUT2D eigenvalue weighted by Gasteiger charge is -2.20. The van der Waals surface area contributed by atoms with Crippen molar-refractivity contribution >= 4 is 86.7 Å². The zero-order chi connectivity index (χ0) is 29.4. The maximum Gasteiger partial charge on any atom is 0.143 e. The second-order valence-corrected chi connectivity index (χ2v) is 14.0. The first-order valence-electron chi connectivity index (χ1n) is 13.7. The molecule has 0 radical (unpaired) electrons. The molecule has 9 rings (SSSR count). The van der Waals surface area contributed by atoms with Crippen molar-refractivity contribution in [3.8, 4) is 42.3 Å². The molecule has 12 heteroatoms. The molecule has 210 valence electrons. The van der Waals surface area contributed by atoms with Crippen LogP contribution >= 0.6 is 45.3 Å². The summed E-state index contributed by atoms with van der Waals surface area (Å²) in [5, 5.41) is 3.55. The fourth-order valence-corrected chi connectivity index (χ4v) is 9.64. The van der Waals surface area contributed by atoms with Gasteiger partial charge in [-0.05, 0) is 73.5 Å². The molecular weight excluding hydrogens is 625 g/mol. The Morgan fingerprint density at radius 3 is 0.864 bits per heavy atom. The number of hydrogen-bond donors (Lipinski definition) is 0. The SMILES string of the molecule is Cc1c(-c2nc3cccnc3s2)c(-c2nc3cccnc3s2)c(C)c(-c2nc3cccnc3s2)c1-c1nc2cccnc2s1. The molecule has 0 bridgehead atoms. The van der Waals surface area contributed by atoms with E-state index in [9.17, 15) is 0 Å². The van der Waals surface area contributed by atoms with E-state index in [1.54, 1.807) is 45.3 Å². The van der Waals surface area contributed by atoms with E-state index in [0.29, 0.717) is 0 Å². The van der Waals surface area contributed by atoms with Gasteiger partial charge in [-0.3, -0.25) is 0 Å². The Balaban J connectivity index is 1.44. The minimum absolute atomic E-state index is 0.869. The lowest BCUT2D eigenvalue weighted by molar-refractivity contribution is 1.32. The Kier molecular flexibility index (Phi) is 5.85. The highest BCUT2D eigenvalue weighted by atomic mass is 32.1. The van der Waals surface area contributed by atoms with Gasteiger partial charge in [0.25, 0.3) is 0 Å². The molecule has 0 aliphatic heterocycles. The number of nitrogens with zero attached hydrogens (tertiary/aromatic N) is 8. The molecule has 8 aromatic heterocycles. The molecule has 44 heavy (non-hydrogen) atoms.